The predicted octanol–water partition coefficient (Wildman–Crippen LogP) is 1.58. The number of nitro groups is 1. The molecule has 18 heavy (non-hydrogen) atoms. The molecule has 1 aromatic carbocycles. The van der Waals surface area contributed by atoms with Crippen LogP contribution in [0.1, 0.15) is 10.4 Å². The average molecular weight is 273 g/mol. The van der Waals surface area contributed by atoms with Crippen molar-refractivity contribution in [3.63, 3.8) is 0 Å². The molecule has 0 spiro atoms. The standard InChI is InChI=1S/C11H13ClN2O4/c12-4-5-13-6-7-18-11(15)9-2-1-3-10(8-9)14(16)17/h1-3,8,13H,4-7H2. The van der Waals surface area contributed by atoms with Crippen LogP contribution in [0.15, 0.2) is 24.3 Å². The molecule has 0 saturated carbocycles. The van der Waals surface area contributed by atoms with E-state index in [4.69, 9.17) is 16.3 Å². The number of hydrogen-bond donors (Lipinski definition) is 1. The number of rotatable bonds is 7. The molecule has 1 N–H and O–H groups in total. The summed E-state index contributed by atoms with van der Waals surface area (Å²) < 4.78 is 4.94. The topological polar surface area (TPSA) is 81.5 Å². The third kappa shape index (κ3) is 4.68. The summed E-state index contributed by atoms with van der Waals surface area (Å²) in [5, 5.41) is 13.5. The van der Waals surface area contributed by atoms with Gasteiger partial charge in [-0.1, -0.05) is 6.07 Å². The van der Waals surface area contributed by atoms with Crippen molar-refractivity contribution in [3.8, 4) is 0 Å². The van der Waals surface area contributed by atoms with Crippen molar-refractivity contribution in [1.82, 2.24) is 5.32 Å². The monoisotopic (exact) mass is 272 g/mol. The fraction of sp³-hybridized carbons (Fsp3) is 0.364. The van der Waals surface area contributed by atoms with Crippen molar-refractivity contribution in [2.24, 2.45) is 0 Å². The second kappa shape index (κ2) is 7.62. The van der Waals surface area contributed by atoms with E-state index in [1.165, 1.54) is 24.3 Å². The van der Waals surface area contributed by atoms with E-state index in [-0.39, 0.29) is 17.9 Å². The van der Waals surface area contributed by atoms with Gasteiger partial charge in [-0.2, -0.15) is 0 Å². The molecule has 0 atom stereocenters. The lowest BCUT2D eigenvalue weighted by Crippen LogP contribution is -2.23. The van der Waals surface area contributed by atoms with E-state index >= 15 is 0 Å². The van der Waals surface area contributed by atoms with Crippen LogP contribution in [0.4, 0.5) is 5.69 Å². The normalized spacial score (nSPS) is 10.1. The van der Waals surface area contributed by atoms with Crippen LogP contribution in [-0.2, 0) is 4.74 Å². The van der Waals surface area contributed by atoms with Gasteiger partial charge in [0.15, 0.2) is 0 Å². The molecule has 6 nitrogen and oxygen atoms in total. The van der Waals surface area contributed by atoms with Gasteiger partial charge in [-0.05, 0) is 6.07 Å². The number of esters is 1. The van der Waals surface area contributed by atoms with Crippen LogP contribution in [0.3, 0.4) is 0 Å². The first-order valence-electron chi connectivity index (χ1n) is 5.33. The van der Waals surface area contributed by atoms with Crippen LogP contribution in [0, 0.1) is 10.1 Å². The summed E-state index contributed by atoms with van der Waals surface area (Å²) in [7, 11) is 0. The summed E-state index contributed by atoms with van der Waals surface area (Å²) in [5.74, 6) is -0.0925. The molecule has 1 aromatic rings. The molecule has 0 fully saturated rings. The number of halogens is 1. The predicted molar refractivity (Wildman–Crippen MR) is 67.0 cm³/mol. The summed E-state index contributed by atoms with van der Waals surface area (Å²) in [5.41, 5.74) is 0.0336. The van der Waals surface area contributed by atoms with Crippen LogP contribution in [0.25, 0.3) is 0 Å². The van der Waals surface area contributed by atoms with Crippen molar-refractivity contribution >= 4 is 23.3 Å². The smallest absolute Gasteiger partial charge is 0.338 e. The van der Waals surface area contributed by atoms with Gasteiger partial charge in [-0.15, -0.1) is 11.6 Å². The van der Waals surface area contributed by atoms with E-state index in [2.05, 4.69) is 5.32 Å². The molecular formula is C11H13ClN2O4. The van der Waals surface area contributed by atoms with Gasteiger partial charge in [-0.3, -0.25) is 10.1 Å². The molecule has 0 saturated heterocycles. The number of nitrogens with zero attached hydrogens (tertiary/aromatic N) is 1. The molecule has 7 heteroatoms. The van der Waals surface area contributed by atoms with Crippen LogP contribution in [-0.4, -0.2) is 36.5 Å². The highest BCUT2D eigenvalue weighted by Crippen LogP contribution is 2.13. The van der Waals surface area contributed by atoms with Gasteiger partial charge >= 0.3 is 5.97 Å². The highest BCUT2D eigenvalue weighted by molar-refractivity contribution is 6.18. The lowest BCUT2D eigenvalue weighted by molar-refractivity contribution is -0.384. The van der Waals surface area contributed by atoms with E-state index in [0.717, 1.165) is 0 Å². The van der Waals surface area contributed by atoms with E-state index in [1.807, 2.05) is 0 Å². The van der Waals surface area contributed by atoms with Crippen LogP contribution in [0.2, 0.25) is 0 Å². The van der Waals surface area contributed by atoms with Crippen molar-refractivity contribution < 1.29 is 14.5 Å². The Morgan fingerprint density at radius 3 is 2.89 bits per heavy atom. The maximum Gasteiger partial charge on any atom is 0.338 e. The lowest BCUT2D eigenvalue weighted by atomic mass is 10.2. The van der Waals surface area contributed by atoms with E-state index in [9.17, 15) is 14.9 Å². The number of non-ortho nitro benzene ring substituents is 1. The SMILES string of the molecule is O=C(OCCNCCCl)c1cccc([N+](=O)[O-])c1. The third-order valence-electron chi connectivity index (χ3n) is 2.08. The van der Waals surface area contributed by atoms with E-state index in [1.54, 1.807) is 0 Å². The maximum absolute atomic E-state index is 11.6. The van der Waals surface area contributed by atoms with Crippen molar-refractivity contribution in [2.75, 3.05) is 25.6 Å². The molecule has 0 aliphatic heterocycles. The molecule has 1 rings (SSSR count). The first-order valence-corrected chi connectivity index (χ1v) is 5.87. The fourth-order valence-electron chi connectivity index (χ4n) is 1.24. The minimum Gasteiger partial charge on any atom is -0.461 e. The first-order chi connectivity index (χ1) is 8.65. The minimum atomic E-state index is -0.577. The number of benzene rings is 1. The molecule has 0 unspecified atom stereocenters. The average Bonchev–Trinajstić information content (AvgIpc) is 2.38. The number of carbonyl (C=O) groups is 1. The van der Waals surface area contributed by atoms with Gasteiger partial charge in [0, 0.05) is 31.1 Å². The maximum atomic E-state index is 11.6. The molecular weight excluding hydrogens is 260 g/mol. The zero-order valence-electron chi connectivity index (χ0n) is 9.60. The van der Waals surface area contributed by atoms with Crippen molar-refractivity contribution in [1.29, 1.82) is 0 Å². The molecule has 0 amide bonds. The molecule has 0 aliphatic rings. The first kappa shape index (κ1) is 14.4. The number of nitro benzene ring substituents is 1. The highest BCUT2D eigenvalue weighted by atomic mass is 35.5. The molecule has 0 aromatic heterocycles. The third-order valence-corrected chi connectivity index (χ3v) is 2.26. The molecule has 0 radical (unpaired) electrons. The fourth-order valence-corrected chi connectivity index (χ4v) is 1.37. The van der Waals surface area contributed by atoms with E-state index in [0.29, 0.717) is 19.0 Å². The number of nitrogens with one attached hydrogen (secondary N) is 1. The number of carbonyl (C=O) groups excluding carboxylic acids is 1. The Labute approximate surface area is 109 Å². The molecule has 0 aliphatic carbocycles. The Bertz CT molecular complexity index is 425. The summed E-state index contributed by atoms with van der Waals surface area (Å²) in [6.07, 6.45) is 0. The van der Waals surface area contributed by atoms with Gasteiger partial charge in [-0.25, -0.2) is 4.79 Å². The largest absolute Gasteiger partial charge is 0.461 e. The zero-order chi connectivity index (χ0) is 13.4. The number of hydrogen-bond acceptors (Lipinski definition) is 5. The molecule has 0 heterocycles. The number of ether oxygens (including phenoxy) is 1. The Morgan fingerprint density at radius 1 is 1.44 bits per heavy atom. The van der Waals surface area contributed by atoms with Gasteiger partial charge in [0.25, 0.3) is 5.69 Å². The second-order valence-electron chi connectivity index (χ2n) is 3.38. The van der Waals surface area contributed by atoms with Crippen LogP contribution >= 0.6 is 11.6 Å². The Hall–Kier alpha value is -1.66. The molecule has 98 valence electrons. The van der Waals surface area contributed by atoms with Crippen LogP contribution < -0.4 is 5.32 Å². The Morgan fingerprint density at radius 2 is 2.22 bits per heavy atom. The summed E-state index contributed by atoms with van der Waals surface area (Å²) in [4.78, 5) is 21.5. The summed E-state index contributed by atoms with van der Waals surface area (Å²) in [6.45, 7) is 1.32. The van der Waals surface area contributed by atoms with Gasteiger partial charge in [0.1, 0.15) is 6.61 Å². The van der Waals surface area contributed by atoms with Crippen molar-refractivity contribution in [3.05, 3.63) is 39.9 Å². The minimum absolute atomic E-state index is 0.135. The van der Waals surface area contributed by atoms with Gasteiger partial charge < -0.3 is 10.1 Å². The van der Waals surface area contributed by atoms with E-state index < -0.39 is 10.9 Å². The Kier molecular flexibility index (Phi) is 6.10. The quantitative estimate of drug-likeness (QED) is 0.268. The number of alkyl halides is 1. The summed E-state index contributed by atoms with van der Waals surface area (Å²) >= 11 is 5.45. The highest BCUT2D eigenvalue weighted by Gasteiger charge is 2.12. The van der Waals surface area contributed by atoms with Gasteiger partial charge in [0.05, 0.1) is 10.5 Å². The molecule has 0 bridgehead atoms. The Balaban J connectivity index is 2.46. The lowest BCUT2D eigenvalue weighted by Gasteiger charge is -2.05. The van der Waals surface area contributed by atoms with Crippen LogP contribution in [0.5, 0.6) is 0 Å². The van der Waals surface area contributed by atoms with Crippen molar-refractivity contribution in [2.45, 2.75) is 0 Å². The van der Waals surface area contributed by atoms with Gasteiger partial charge in [0.2, 0.25) is 0 Å². The second-order valence-corrected chi connectivity index (χ2v) is 3.76. The summed E-state index contributed by atoms with van der Waals surface area (Å²) in [6, 6.07) is 5.43. The zero-order valence-corrected chi connectivity index (χ0v) is 10.4.